The molecule has 0 aromatic carbocycles. The van der Waals surface area contributed by atoms with Crippen molar-refractivity contribution in [2.45, 2.75) is 18.9 Å². The fourth-order valence-corrected chi connectivity index (χ4v) is 2.57. The summed E-state index contributed by atoms with van der Waals surface area (Å²) in [4.78, 5) is 25.9. The summed E-state index contributed by atoms with van der Waals surface area (Å²) in [5, 5.41) is 0. The van der Waals surface area contributed by atoms with Crippen molar-refractivity contribution in [1.29, 1.82) is 0 Å². The summed E-state index contributed by atoms with van der Waals surface area (Å²) < 4.78 is 23.5. The lowest BCUT2D eigenvalue weighted by molar-refractivity contribution is 0.0515. The Morgan fingerprint density at radius 1 is 1.33 bits per heavy atom. The fraction of sp³-hybridized carbons (Fsp3) is 0.375. The molecule has 3 rings (SSSR count). The molecule has 1 atom stereocenters. The molecule has 24 heavy (non-hydrogen) atoms. The Hall–Kier alpha value is -2.77. The Balaban J connectivity index is 1.66. The van der Waals surface area contributed by atoms with Crippen molar-refractivity contribution in [2.24, 2.45) is 0 Å². The maximum absolute atomic E-state index is 12.8. The number of amides is 1. The Bertz CT molecular complexity index is 711. The second-order valence-electron chi connectivity index (χ2n) is 5.40. The molecule has 1 fully saturated rings. The molecule has 0 saturated carbocycles. The summed E-state index contributed by atoms with van der Waals surface area (Å²) in [6.45, 7) is 1.07. The van der Waals surface area contributed by atoms with Gasteiger partial charge in [0.1, 0.15) is 6.10 Å². The molecule has 0 N–H and O–H groups in total. The topological polar surface area (TPSA) is 77.4 Å². The van der Waals surface area contributed by atoms with Gasteiger partial charge in [0.15, 0.2) is 5.82 Å². The van der Waals surface area contributed by atoms with Gasteiger partial charge in [-0.05, 0) is 18.9 Å². The van der Waals surface area contributed by atoms with Gasteiger partial charge in [0.2, 0.25) is 5.88 Å². The molecule has 1 aliphatic heterocycles. The van der Waals surface area contributed by atoms with Crippen LogP contribution in [-0.4, -0.2) is 52.1 Å². The first-order valence-electron chi connectivity index (χ1n) is 7.59. The van der Waals surface area contributed by atoms with Crippen LogP contribution in [0.25, 0.3) is 0 Å². The van der Waals surface area contributed by atoms with Gasteiger partial charge in [0, 0.05) is 24.4 Å². The number of methoxy groups -OCH3 is 1. The van der Waals surface area contributed by atoms with Crippen LogP contribution >= 0.6 is 0 Å². The molecular weight excluding hydrogens is 315 g/mol. The minimum absolute atomic E-state index is 0.107. The summed E-state index contributed by atoms with van der Waals surface area (Å²) >= 11 is 0. The van der Waals surface area contributed by atoms with E-state index in [0.717, 1.165) is 25.2 Å². The molecule has 0 spiro atoms. The molecule has 0 aliphatic carbocycles. The van der Waals surface area contributed by atoms with Crippen molar-refractivity contribution in [1.82, 2.24) is 19.9 Å². The molecule has 0 bridgehead atoms. The monoisotopic (exact) mass is 332 g/mol. The van der Waals surface area contributed by atoms with Gasteiger partial charge < -0.3 is 14.4 Å². The van der Waals surface area contributed by atoms with E-state index in [9.17, 15) is 9.18 Å². The smallest absolute Gasteiger partial charge is 0.316 e. The van der Waals surface area contributed by atoms with Crippen molar-refractivity contribution >= 4 is 5.91 Å². The predicted molar refractivity (Wildman–Crippen MR) is 82.3 cm³/mol. The van der Waals surface area contributed by atoms with Crippen LogP contribution in [0, 0.1) is 5.82 Å². The average molecular weight is 332 g/mol. The SMILES string of the molecule is COc1cc(C(=O)N2CCCC(Oc3ncc(F)cn3)C2)ccn1. The van der Waals surface area contributed by atoms with Crippen LogP contribution < -0.4 is 9.47 Å². The van der Waals surface area contributed by atoms with E-state index in [4.69, 9.17) is 9.47 Å². The summed E-state index contributed by atoms with van der Waals surface area (Å²) in [6, 6.07) is 3.37. The van der Waals surface area contributed by atoms with Gasteiger partial charge in [-0.3, -0.25) is 4.79 Å². The van der Waals surface area contributed by atoms with Gasteiger partial charge in [-0.1, -0.05) is 0 Å². The second kappa shape index (κ2) is 7.20. The number of carbonyl (C=O) groups is 1. The van der Waals surface area contributed by atoms with Gasteiger partial charge in [-0.15, -0.1) is 0 Å². The number of hydrogen-bond donors (Lipinski definition) is 0. The van der Waals surface area contributed by atoms with Crippen molar-refractivity contribution in [3.8, 4) is 11.9 Å². The third kappa shape index (κ3) is 3.76. The molecule has 2 aromatic rings. The third-order valence-electron chi connectivity index (χ3n) is 3.73. The largest absolute Gasteiger partial charge is 0.481 e. The van der Waals surface area contributed by atoms with E-state index in [1.165, 1.54) is 13.3 Å². The maximum atomic E-state index is 12.8. The molecule has 2 aromatic heterocycles. The lowest BCUT2D eigenvalue weighted by atomic mass is 10.1. The fourth-order valence-electron chi connectivity index (χ4n) is 2.57. The van der Waals surface area contributed by atoms with Crippen LogP contribution in [0.3, 0.4) is 0 Å². The van der Waals surface area contributed by atoms with E-state index in [1.54, 1.807) is 17.0 Å². The van der Waals surface area contributed by atoms with E-state index in [0.29, 0.717) is 24.5 Å². The molecule has 0 radical (unpaired) electrons. The second-order valence-corrected chi connectivity index (χ2v) is 5.40. The normalized spacial score (nSPS) is 17.4. The lowest BCUT2D eigenvalue weighted by Gasteiger charge is -2.32. The molecule has 1 aliphatic rings. The first-order chi connectivity index (χ1) is 11.7. The quantitative estimate of drug-likeness (QED) is 0.848. The molecule has 1 saturated heterocycles. The minimum atomic E-state index is -0.519. The molecule has 7 nitrogen and oxygen atoms in total. The zero-order chi connectivity index (χ0) is 16.9. The molecule has 126 valence electrons. The van der Waals surface area contributed by atoms with E-state index < -0.39 is 5.82 Å². The number of piperidine rings is 1. The molecule has 3 heterocycles. The highest BCUT2D eigenvalue weighted by Gasteiger charge is 2.26. The highest BCUT2D eigenvalue weighted by Crippen LogP contribution is 2.18. The number of halogens is 1. The van der Waals surface area contributed by atoms with E-state index >= 15 is 0 Å². The van der Waals surface area contributed by atoms with Crippen molar-refractivity contribution in [3.63, 3.8) is 0 Å². The molecule has 1 unspecified atom stereocenters. The standard InChI is InChI=1S/C16H17FN4O3/c1-23-14-7-11(4-5-18-14)15(22)21-6-2-3-13(10-21)24-16-19-8-12(17)9-20-16/h4-5,7-9,13H,2-3,6,10H2,1H3. The van der Waals surface area contributed by atoms with Crippen LogP contribution in [0.15, 0.2) is 30.7 Å². The number of likely N-dealkylation sites (tertiary alicyclic amines) is 1. The number of nitrogens with zero attached hydrogens (tertiary/aromatic N) is 4. The van der Waals surface area contributed by atoms with Crippen LogP contribution in [0.1, 0.15) is 23.2 Å². The summed E-state index contributed by atoms with van der Waals surface area (Å²) in [6.07, 6.45) is 5.01. The van der Waals surface area contributed by atoms with Gasteiger partial charge in [0.05, 0.1) is 26.0 Å². The minimum Gasteiger partial charge on any atom is -0.481 e. The number of hydrogen-bond acceptors (Lipinski definition) is 6. The van der Waals surface area contributed by atoms with Crippen LogP contribution in [-0.2, 0) is 0 Å². The van der Waals surface area contributed by atoms with Crippen molar-refractivity contribution < 1.29 is 18.7 Å². The average Bonchev–Trinajstić information content (AvgIpc) is 2.63. The first kappa shape index (κ1) is 16.1. The number of pyridine rings is 1. The van der Waals surface area contributed by atoms with Gasteiger partial charge in [0.25, 0.3) is 5.91 Å². The Morgan fingerprint density at radius 2 is 2.12 bits per heavy atom. The summed E-state index contributed by atoms with van der Waals surface area (Å²) in [5.74, 6) is -0.233. The van der Waals surface area contributed by atoms with Gasteiger partial charge in [-0.25, -0.2) is 19.3 Å². The highest BCUT2D eigenvalue weighted by molar-refractivity contribution is 5.94. The van der Waals surface area contributed by atoms with Crippen LogP contribution in [0.5, 0.6) is 11.9 Å². The molecule has 8 heteroatoms. The zero-order valence-electron chi connectivity index (χ0n) is 13.2. The number of carbonyl (C=O) groups excluding carboxylic acids is 1. The number of ether oxygens (including phenoxy) is 2. The van der Waals surface area contributed by atoms with Gasteiger partial charge >= 0.3 is 6.01 Å². The first-order valence-corrected chi connectivity index (χ1v) is 7.59. The Kier molecular flexibility index (Phi) is 4.83. The maximum Gasteiger partial charge on any atom is 0.316 e. The Morgan fingerprint density at radius 3 is 2.88 bits per heavy atom. The predicted octanol–water partition coefficient (Wildman–Crippen LogP) is 1.70. The Labute approximate surface area is 138 Å². The van der Waals surface area contributed by atoms with E-state index in [-0.39, 0.29) is 18.0 Å². The van der Waals surface area contributed by atoms with Crippen LogP contribution in [0.4, 0.5) is 4.39 Å². The lowest BCUT2D eigenvalue weighted by Crippen LogP contribution is -2.44. The highest BCUT2D eigenvalue weighted by atomic mass is 19.1. The van der Waals surface area contributed by atoms with E-state index in [2.05, 4.69) is 15.0 Å². The van der Waals surface area contributed by atoms with Crippen molar-refractivity contribution in [3.05, 3.63) is 42.1 Å². The molecule has 1 amide bonds. The van der Waals surface area contributed by atoms with Gasteiger partial charge in [-0.2, -0.15) is 0 Å². The number of aromatic nitrogens is 3. The summed E-state index contributed by atoms with van der Waals surface area (Å²) in [7, 11) is 1.50. The molecular formula is C16H17FN4O3. The van der Waals surface area contributed by atoms with E-state index in [1.807, 2.05) is 0 Å². The number of rotatable bonds is 4. The van der Waals surface area contributed by atoms with Crippen LogP contribution in [0.2, 0.25) is 0 Å². The zero-order valence-corrected chi connectivity index (χ0v) is 13.2. The summed E-state index contributed by atoms with van der Waals surface area (Å²) in [5.41, 5.74) is 0.514. The van der Waals surface area contributed by atoms with Crippen molar-refractivity contribution in [2.75, 3.05) is 20.2 Å². The third-order valence-corrected chi connectivity index (χ3v) is 3.73.